The highest BCUT2D eigenvalue weighted by Crippen LogP contribution is 2.17. The van der Waals surface area contributed by atoms with Crippen molar-refractivity contribution in [1.82, 2.24) is 20.1 Å². The molecule has 0 spiro atoms. The minimum absolute atomic E-state index is 0.0487. The second kappa shape index (κ2) is 9.05. The van der Waals surface area contributed by atoms with Gasteiger partial charge in [0, 0.05) is 13.2 Å². The van der Waals surface area contributed by atoms with Crippen molar-refractivity contribution in [3.05, 3.63) is 45.9 Å². The lowest BCUT2D eigenvalue weighted by Crippen LogP contribution is -2.28. The van der Waals surface area contributed by atoms with Crippen LogP contribution < -0.4 is 11.0 Å². The highest BCUT2D eigenvalue weighted by atomic mass is 32.2. The summed E-state index contributed by atoms with van der Waals surface area (Å²) in [6.45, 7) is 3.88. The molecule has 0 radical (unpaired) electrons. The summed E-state index contributed by atoms with van der Waals surface area (Å²) in [7, 11) is 0. The molecular weight excluding hydrogens is 352 g/mol. The van der Waals surface area contributed by atoms with E-state index in [0.29, 0.717) is 18.2 Å². The quantitative estimate of drug-likeness (QED) is 0.682. The van der Waals surface area contributed by atoms with Crippen LogP contribution in [0.25, 0.3) is 0 Å². The van der Waals surface area contributed by atoms with Gasteiger partial charge in [-0.3, -0.25) is 9.36 Å². The van der Waals surface area contributed by atoms with Crippen molar-refractivity contribution in [2.24, 2.45) is 0 Å². The first-order valence-corrected chi connectivity index (χ1v) is 9.83. The number of hydrogen-bond acceptors (Lipinski definition) is 5. The van der Waals surface area contributed by atoms with E-state index in [0.717, 1.165) is 25.9 Å². The van der Waals surface area contributed by atoms with Crippen LogP contribution in [0, 0.1) is 6.92 Å². The molecule has 0 bridgehead atoms. The Bertz CT molecular complexity index is 796. The summed E-state index contributed by atoms with van der Waals surface area (Å²) in [5, 5.41) is 9.92. The molecule has 1 aliphatic rings. The van der Waals surface area contributed by atoms with Gasteiger partial charge in [-0.05, 0) is 37.3 Å². The second-order valence-electron chi connectivity index (χ2n) is 6.37. The molecule has 1 amide bonds. The van der Waals surface area contributed by atoms with Crippen LogP contribution in [0.3, 0.4) is 0 Å². The van der Waals surface area contributed by atoms with Crippen molar-refractivity contribution in [2.45, 2.75) is 44.0 Å². The molecule has 0 unspecified atom stereocenters. The molecule has 8 heteroatoms. The molecule has 3 rings (SSSR count). The fraction of sp³-hybridized carbons (Fsp3) is 0.500. The van der Waals surface area contributed by atoms with Crippen LogP contribution in [0.4, 0.5) is 0 Å². The van der Waals surface area contributed by atoms with Crippen molar-refractivity contribution >= 4 is 17.7 Å². The highest BCUT2D eigenvalue weighted by molar-refractivity contribution is 7.99. The number of thioether (sulfide) groups is 1. The number of H-pyrrole nitrogens is 1. The van der Waals surface area contributed by atoms with Gasteiger partial charge in [-0.15, -0.1) is 5.10 Å². The lowest BCUT2D eigenvalue weighted by molar-refractivity contribution is -0.118. The lowest BCUT2D eigenvalue weighted by Gasteiger charge is -2.11. The van der Waals surface area contributed by atoms with E-state index >= 15 is 0 Å². The minimum atomic E-state index is -0.261. The standard InChI is InChI=1S/C18H24N4O3S/c1-13-5-2-3-6-14(13)8-9-19-16(23)12-26-18-21-20-17(24)22(18)11-15-7-4-10-25-15/h2-3,5-6,15H,4,7-12H2,1H3,(H,19,23)(H,20,24)/t15-/m1/s1. The van der Waals surface area contributed by atoms with E-state index in [-0.39, 0.29) is 23.5 Å². The molecule has 26 heavy (non-hydrogen) atoms. The average molecular weight is 376 g/mol. The van der Waals surface area contributed by atoms with E-state index in [1.165, 1.54) is 22.9 Å². The van der Waals surface area contributed by atoms with Gasteiger partial charge in [0.2, 0.25) is 5.91 Å². The second-order valence-corrected chi connectivity index (χ2v) is 7.31. The highest BCUT2D eigenvalue weighted by Gasteiger charge is 2.20. The fourth-order valence-electron chi connectivity index (χ4n) is 2.97. The summed E-state index contributed by atoms with van der Waals surface area (Å²) in [6.07, 6.45) is 2.81. The Balaban J connectivity index is 1.46. The van der Waals surface area contributed by atoms with E-state index in [1.807, 2.05) is 12.1 Å². The molecule has 1 atom stereocenters. The molecule has 7 nitrogen and oxygen atoms in total. The van der Waals surface area contributed by atoms with Crippen LogP contribution in [-0.2, 0) is 22.5 Å². The van der Waals surface area contributed by atoms with Crippen LogP contribution in [-0.4, -0.2) is 45.7 Å². The SMILES string of the molecule is Cc1ccccc1CCNC(=O)CSc1n[nH]c(=O)n1C[C@H]1CCCO1. The first-order valence-electron chi connectivity index (χ1n) is 8.84. The summed E-state index contributed by atoms with van der Waals surface area (Å²) >= 11 is 1.26. The number of aromatic nitrogens is 3. The maximum absolute atomic E-state index is 12.1. The number of benzene rings is 1. The molecule has 1 aromatic carbocycles. The minimum Gasteiger partial charge on any atom is -0.376 e. The number of aryl methyl sites for hydroxylation is 1. The van der Waals surface area contributed by atoms with Gasteiger partial charge in [0.1, 0.15) is 0 Å². The summed E-state index contributed by atoms with van der Waals surface area (Å²) in [4.78, 5) is 24.0. The molecule has 1 aromatic heterocycles. The van der Waals surface area contributed by atoms with E-state index in [9.17, 15) is 9.59 Å². The summed E-state index contributed by atoms with van der Waals surface area (Å²) < 4.78 is 7.13. The number of carbonyl (C=O) groups excluding carboxylic acids is 1. The van der Waals surface area contributed by atoms with Crippen LogP contribution in [0.1, 0.15) is 24.0 Å². The van der Waals surface area contributed by atoms with E-state index < -0.39 is 0 Å². The zero-order chi connectivity index (χ0) is 18.4. The van der Waals surface area contributed by atoms with Gasteiger partial charge in [0.05, 0.1) is 18.4 Å². The van der Waals surface area contributed by atoms with Crippen molar-refractivity contribution < 1.29 is 9.53 Å². The summed E-state index contributed by atoms with van der Waals surface area (Å²) in [5.74, 6) is 0.159. The summed E-state index contributed by atoms with van der Waals surface area (Å²) in [5.41, 5.74) is 2.20. The fourth-order valence-corrected chi connectivity index (χ4v) is 3.76. The maximum atomic E-state index is 12.1. The number of rotatable bonds is 8. The lowest BCUT2D eigenvalue weighted by atomic mass is 10.1. The normalized spacial score (nSPS) is 16.7. The topological polar surface area (TPSA) is 89.0 Å². The molecule has 140 valence electrons. The molecule has 2 heterocycles. The smallest absolute Gasteiger partial charge is 0.344 e. The van der Waals surface area contributed by atoms with Crippen molar-refractivity contribution in [2.75, 3.05) is 18.9 Å². The Kier molecular flexibility index (Phi) is 6.51. The van der Waals surface area contributed by atoms with Gasteiger partial charge in [0.25, 0.3) is 0 Å². The molecule has 1 fully saturated rings. The third-order valence-electron chi connectivity index (χ3n) is 4.44. The maximum Gasteiger partial charge on any atom is 0.344 e. The van der Waals surface area contributed by atoms with Gasteiger partial charge >= 0.3 is 5.69 Å². The Labute approximate surface area is 156 Å². The number of nitrogens with zero attached hydrogens (tertiary/aromatic N) is 2. The Hall–Kier alpha value is -2.06. The molecule has 1 aliphatic heterocycles. The number of ether oxygens (including phenoxy) is 1. The van der Waals surface area contributed by atoms with Crippen LogP contribution in [0.2, 0.25) is 0 Å². The summed E-state index contributed by atoms with van der Waals surface area (Å²) in [6, 6.07) is 8.15. The number of amides is 1. The van der Waals surface area contributed by atoms with Gasteiger partial charge in [-0.1, -0.05) is 36.0 Å². The van der Waals surface area contributed by atoms with Crippen molar-refractivity contribution in [1.29, 1.82) is 0 Å². The molecule has 0 aliphatic carbocycles. The van der Waals surface area contributed by atoms with Crippen LogP contribution in [0.15, 0.2) is 34.2 Å². The first kappa shape index (κ1) is 18.7. The largest absolute Gasteiger partial charge is 0.376 e. The zero-order valence-electron chi connectivity index (χ0n) is 14.9. The predicted octanol–water partition coefficient (Wildman–Crippen LogP) is 1.51. The Morgan fingerprint density at radius 3 is 3.08 bits per heavy atom. The number of aromatic amines is 1. The molecule has 0 saturated carbocycles. The number of carbonyl (C=O) groups is 1. The van der Waals surface area contributed by atoms with Gasteiger partial charge in [0.15, 0.2) is 5.16 Å². The monoisotopic (exact) mass is 376 g/mol. The predicted molar refractivity (Wildman–Crippen MR) is 100 cm³/mol. The number of nitrogens with one attached hydrogen (secondary N) is 2. The van der Waals surface area contributed by atoms with Gasteiger partial charge < -0.3 is 10.1 Å². The van der Waals surface area contributed by atoms with Gasteiger partial charge in [-0.25, -0.2) is 9.89 Å². The van der Waals surface area contributed by atoms with Crippen LogP contribution >= 0.6 is 11.8 Å². The van der Waals surface area contributed by atoms with Crippen molar-refractivity contribution in [3.8, 4) is 0 Å². The van der Waals surface area contributed by atoms with Gasteiger partial charge in [-0.2, -0.15) is 0 Å². The van der Waals surface area contributed by atoms with E-state index in [2.05, 4.69) is 34.6 Å². The van der Waals surface area contributed by atoms with E-state index in [4.69, 9.17) is 4.74 Å². The third kappa shape index (κ3) is 4.98. The number of hydrogen-bond donors (Lipinski definition) is 2. The zero-order valence-corrected chi connectivity index (χ0v) is 15.7. The first-order chi connectivity index (χ1) is 12.6. The third-order valence-corrected chi connectivity index (χ3v) is 5.42. The molecular formula is C18H24N4O3S. The van der Waals surface area contributed by atoms with Crippen molar-refractivity contribution in [3.63, 3.8) is 0 Å². The van der Waals surface area contributed by atoms with E-state index in [1.54, 1.807) is 4.57 Å². The molecule has 2 aromatic rings. The Morgan fingerprint density at radius 2 is 2.31 bits per heavy atom. The average Bonchev–Trinajstić information content (AvgIpc) is 3.26. The van der Waals surface area contributed by atoms with Crippen LogP contribution in [0.5, 0.6) is 0 Å². The Morgan fingerprint density at radius 1 is 1.46 bits per heavy atom. The molecule has 1 saturated heterocycles. The molecule has 2 N–H and O–H groups in total.